The molecule has 0 amide bonds. The van der Waals surface area contributed by atoms with Crippen molar-refractivity contribution in [2.45, 2.75) is 18.6 Å². The maximum Gasteiger partial charge on any atom is 0.391 e. The van der Waals surface area contributed by atoms with E-state index in [1.165, 1.54) is 6.08 Å². The van der Waals surface area contributed by atoms with Gasteiger partial charge in [-0.15, -0.1) is 12.4 Å². The summed E-state index contributed by atoms with van der Waals surface area (Å²) in [4.78, 5) is 10.7. The maximum absolute atomic E-state index is 11.7. The van der Waals surface area contributed by atoms with Gasteiger partial charge >= 0.3 is 12.1 Å². The minimum atomic E-state index is -4.45. The van der Waals surface area contributed by atoms with Crippen molar-refractivity contribution in [3.05, 3.63) is 12.7 Å². The highest BCUT2D eigenvalue weighted by Gasteiger charge is 2.33. The Balaban J connectivity index is 0. The molecular formula is C7H11ClF3NO2. The van der Waals surface area contributed by atoms with Crippen LogP contribution in [0.4, 0.5) is 13.2 Å². The van der Waals surface area contributed by atoms with Crippen molar-refractivity contribution in [2.24, 2.45) is 5.73 Å². The average Bonchev–Trinajstić information content (AvgIpc) is 1.96. The van der Waals surface area contributed by atoms with Crippen molar-refractivity contribution in [1.29, 1.82) is 0 Å². The van der Waals surface area contributed by atoms with Crippen LogP contribution < -0.4 is 5.73 Å². The van der Waals surface area contributed by atoms with Gasteiger partial charge in [0, 0.05) is 0 Å². The zero-order valence-electron chi connectivity index (χ0n) is 7.21. The minimum absolute atomic E-state index is 0. The number of rotatable bonds is 4. The summed E-state index contributed by atoms with van der Waals surface area (Å²) >= 11 is 0. The monoisotopic (exact) mass is 233 g/mol. The maximum atomic E-state index is 11.7. The number of alkyl halides is 3. The van der Waals surface area contributed by atoms with Gasteiger partial charge in [-0.25, -0.2) is 0 Å². The van der Waals surface area contributed by atoms with Crippen LogP contribution in [0.25, 0.3) is 0 Å². The van der Waals surface area contributed by atoms with Gasteiger partial charge in [0.25, 0.3) is 0 Å². The first-order valence-electron chi connectivity index (χ1n) is 3.46. The second-order valence-electron chi connectivity index (χ2n) is 2.34. The summed E-state index contributed by atoms with van der Waals surface area (Å²) in [6.45, 7) is 3.09. The SMILES string of the molecule is C=CCOC(=O)[C@@H](N)CC(F)(F)F.Cl. The predicted molar refractivity (Wildman–Crippen MR) is 47.1 cm³/mol. The molecule has 0 aromatic carbocycles. The van der Waals surface area contributed by atoms with Crippen LogP contribution in [0.2, 0.25) is 0 Å². The Hall–Kier alpha value is -0.750. The smallest absolute Gasteiger partial charge is 0.391 e. The Bertz CT molecular complexity index is 196. The molecule has 0 aliphatic rings. The molecule has 0 radical (unpaired) electrons. The summed E-state index contributed by atoms with van der Waals surface area (Å²) in [6, 6.07) is -1.65. The summed E-state index contributed by atoms with van der Waals surface area (Å²) in [5, 5.41) is 0. The molecule has 14 heavy (non-hydrogen) atoms. The summed E-state index contributed by atoms with van der Waals surface area (Å²) in [7, 11) is 0. The standard InChI is InChI=1S/C7H10F3NO2.ClH/c1-2-3-13-6(12)5(11)4-7(8,9)10;/h2,5H,1,3-4,11H2;1H/t5-;/m0./s1. The third-order valence-corrected chi connectivity index (χ3v) is 1.10. The van der Waals surface area contributed by atoms with E-state index >= 15 is 0 Å². The zero-order valence-corrected chi connectivity index (χ0v) is 8.03. The summed E-state index contributed by atoms with van der Waals surface area (Å²) in [5.74, 6) is -1.07. The fourth-order valence-electron chi connectivity index (χ4n) is 0.581. The van der Waals surface area contributed by atoms with Crippen LogP contribution in [0.3, 0.4) is 0 Å². The first kappa shape index (κ1) is 15.7. The number of carbonyl (C=O) groups is 1. The van der Waals surface area contributed by atoms with E-state index in [0.717, 1.165) is 0 Å². The molecule has 0 aliphatic heterocycles. The van der Waals surface area contributed by atoms with E-state index in [1.807, 2.05) is 0 Å². The Morgan fingerprint density at radius 1 is 1.57 bits per heavy atom. The van der Waals surface area contributed by atoms with Crippen LogP contribution in [0.5, 0.6) is 0 Å². The van der Waals surface area contributed by atoms with E-state index in [0.29, 0.717) is 0 Å². The van der Waals surface area contributed by atoms with Gasteiger partial charge in [-0.2, -0.15) is 13.2 Å². The van der Waals surface area contributed by atoms with E-state index in [1.54, 1.807) is 0 Å². The lowest BCUT2D eigenvalue weighted by molar-refractivity contribution is -0.159. The van der Waals surface area contributed by atoms with Crippen molar-refractivity contribution in [3.63, 3.8) is 0 Å². The first-order valence-corrected chi connectivity index (χ1v) is 3.46. The molecule has 2 N–H and O–H groups in total. The normalized spacial score (nSPS) is 12.6. The molecule has 3 nitrogen and oxygen atoms in total. The molecule has 0 aromatic heterocycles. The largest absolute Gasteiger partial charge is 0.460 e. The van der Waals surface area contributed by atoms with E-state index < -0.39 is 24.6 Å². The molecule has 1 atom stereocenters. The number of ether oxygens (including phenoxy) is 1. The molecule has 0 saturated carbocycles. The van der Waals surface area contributed by atoms with Crippen LogP contribution >= 0.6 is 12.4 Å². The summed E-state index contributed by atoms with van der Waals surface area (Å²) in [5.41, 5.74) is 4.92. The summed E-state index contributed by atoms with van der Waals surface area (Å²) in [6.07, 6.45) is -4.58. The van der Waals surface area contributed by atoms with E-state index in [2.05, 4.69) is 11.3 Å². The highest BCUT2D eigenvalue weighted by Crippen LogP contribution is 2.20. The lowest BCUT2D eigenvalue weighted by atomic mass is 10.2. The number of esters is 1. The van der Waals surface area contributed by atoms with E-state index in [-0.39, 0.29) is 19.0 Å². The van der Waals surface area contributed by atoms with Crippen LogP contribution in [-0.2, 0) is 9.53 Å². The second-order valence-corrected chi connectivity index (χ2v) is 2.34. The Morgan fingerprint density at radius 3 is 2.43 bits per heavy atom. The van der Waals surface area contributed by atoms with Gasteiger partial charge < -0.3 is 10.5 Å². The molecule has 0 heterocycles. The molecule has 0 aliphatic carbocycles. The second kappa shape index (κ2) is 6.67. The van der Waals surface area contributed by atoms with E-state index in [4.69, 9.17) is 5.73 Å². The number of hydrogen-bond donors (Lipinski definition) is 1. The molecule has 0 spiro atoms. The fourth-order valence-corrected chi connectivity index (χ4v) is 0.581. The van der Waals surface area contributed by atoms with Gasteiger partial charge in [0.2, 0.25) is 0 Å². The number of nitrogens with two attached hydrogens (primary N) is 1. The molecule has 0 saturated heterocycles. The van der Waals surface area contributed by atoms with Gasteiger partial charge in [-0.05, 0) is 0 Å². The molecule has 0 bridgehead atoms. The molecular weight excluding hydrogens is 223 g/mol. The number of hydrogen-bond acceptors (Lipinski definition) is 3. The lowest BCUT2D eigenvalue weighted by Gasteiger charge is -2.12. The average molecular weight is 234 g/mol. The highest BCUT2D eigenvalue weighted by atomic mass is 35.5. The Kier molecular flexibility index (Phi) is 7.48. The number of halogens is 4. The van der Waals surface area contributed by atoms with Gasteiger partial charge in [0.05, 0.1) is 6.42 Å². The Morgan fingerprint density at radius 2 is 2.07 bits per heavy atom. The zero-order chi connectivity index (χ0) is 10.5. The van der Waals surface area contributed by atoms with E-state index in [9.17, 15) is 18.0 Å². The van der Waals surface area contributed by atoms with Crippen molar-refractivity contribution in [1.82, 2.24) is 0 Å². The van der Waals surface area contributed by atoms with Crippen LogP contribution in [0.15, 0.2) is 12.7 Å². The van der Waals surface area contributed by atoms with Crippen LogP contribution in [0, 0.1) is 0 Å². The molecule has 7 heteroatoms. The molecule has 0 fully saturated rings. The quantitative estimate of drug-likeness (QED) is 0.590. The first-order chi connectivity index (χ1) is 5.87. The van der Waals surface area contributed by atoms with Crippen molar-refractivity contribution in [2.75, 3.05) is 6.61 Å². The van der Waals surface area contributed by atoms with Gasteiger partial charge in [-0.1, -0.05) is 12.7 Å². The molecule has 84 valence electrons. The van der Waals surface area contributed by atoms with Crippen molar-refractivity contribution in [3.8, 4) is 0 Å². The van der Waals surface area contributed by atoms with Crippen LogP contribution in [-0.4, -0.2) is 24.8 Å². The highest BCUT2D eigenvalue weighted by molar-refractivity contribution is 5.85. The van der Waals surface area contributed by atoms with Gasteiger partial charge in [-0.3, -0.25) is 4.79 Å². The Labute approximate surface area is 85.5 Å². The summed E-state index contributed by atoms with van der Waals surface area (Å²) < 4.78 is 39.4. The fraction of sp³-hybridized carbons (Fsp3) is 0.571. The van der Waals surface area contributed by atoms with Crippen molar-refractivity contribution < 1.29 is 22.7 Å². The van der Waals surface area contributed by atoms with Crippen molar-refractivity contribution >= 4 is 18.4 Å². The number of carbonyl (C=O) groups excluding carboxylic acids is 1. The van der Waals surface area contributed by atoms with Gasteiger partial charge in [0.1, 0.15) is 12.6 Å². The molecule has 0 unspecified atom stereocenters. The molecule has 0 aromatic rings. The molecule has 0 rings (SSSR count). The lowest BCUT2D eigenvalue weighted by Crippen LogP contribution is -2.36. The minimum Gasteiger partial charge on any atom is -0.460 e. The van der Waals surface area contributed by atoms with Gasteiger partial charge in [0.15, 0.2) is 0 Å². The topological polar surface area (TPSA) is 52.3 Å². The predicted octanol–water partition coefficient (Wildman–Crippen LogP) is 1.42. The third kappa shape index (κ3) is 7.88. The third-order valence-electron chi connectivity index (χ3n) is 1.10. The van der Waals surface area contributed by atoms with Crippen LogP contribution in [0.1, 0.15) is 6.42 Å².